The predicted molar refractivity (Wildman–Crippen MR) is 81.6 cm³/mol. The Morgan fingerprint density at radius 2 is 2.32 bits per heavy atom. The molecule has 1 atom stereocenters. The number of rotatable bonds is 8. The standard InChI is InChI=1S/C15H18N4O3/c1-10(20)15(21)19-6-7-22-14-3-2-11(8-12(14)9-17)13(18)4-5-16/h2-3,5,8,10,16,18,20H,4,6-7H2,1H3,(H,19,21). The number of carbonyl (C=O) groups excluding carboxylic acids is 1. The summed E-state index contributed by atoms with van der Waals surface area (Å²) in [4.78, 5) is 11.1. The fraction of sp³-hybridized carbons (Fsp3) is 0.333. The summed E-state index contributed by atoms with van der Waals surface area (Å²) >= 11 is 0. The van der Waals surface area contributed by atoms with Gasteiger partial charge in [-0.3, -0.25) is 4.79 Å². The van der Waals surface area contributed by atoms with Gasteiger partial charge in [0.05, 0.1) is 12.1 Å². The monoisotopic (exact) mass is 302 g/mol. The second kappa shape index (κ2) is 8.54. The molecule has 0 radical (unpaired) electrons. The molecule has 116 valence electrons. The van der Waals surface area contributed by atoms with E-state index in [2.05, 4.69) is 5.32 Å². The molecular weight excluding hydrogens is 284 g/mol. The van der Waals surface area contributed by atoms with Crippen LogP contribution in [0, 0.1) is 22.1 Å². The maximum atomic E-state index is 11.1. The molecule has 4 N–H and O–H groups in total. The predicted octanol–water partition coefficient (Wildman–Crippen LogP) is 0.842. The molecule has 0 aromatic heterocycles. The van der Waals surface area contributed by atoms with Gasteiger partial charge in [0.15, 0.2) is 0 Å². The van der Waals surface area contributed by atoms with Gasteiger partial charge in [0, 0.05) is 18.3 Å². The Morgan fingerprint density at radius 3 is 2.91 bits per heavy atom. The molecule has 0 saturated heterocycles. The van der Waals surface area contributed by atoms with Crippen molar-refractivity contribution >= 4 is 17.8 Å². The Morgan fingerprint density at radius 1 is 1.59 bits per heavy atom. The lowest BCUT2D eigenvalue weighted by Crippen LogP contribution is -2.35. The molecule has 0 aliphatic carbocycles. The van der Waals surface area contributed by atoms with Crippen LogP contribution >= 0.6 is 0 Å². The molecule has 0 saturated carbocycles. The van der Waals surface area contributed by atoms with Gasteiger partial charge in [0.25, 0.3) is 0 Å². The van der Waals surface area contributed by atoms with Crippen molar-refractivity contribution in [1.82, 2.24) is 5.32 Å². The molecule has 7 nitrogen and oxygen atoms in total. The molecule has 1 unspecified atom stereocenters. The van der Waals surface area contributed by atoms with E-state index in [4.69, 9.17) is 25.9 Å². The number of carbonyl (C=O) groups is 1. The minimum absolute atomic E-state index is 0.157. The Kier molecular flexibility index (Phi) is 6.73. The third-order valence-electron chi connectivity index (χ3n) is 2.79. The SMILES string of the molecule is CC(O)C(=O)NCCOc1ccc(C(=N)CC=N)cc1C#N. The third kappa shape index (κ3) is 5.00. The largest absolute Gasteiger partial charge is 0.490 e. The van der Waals surface area contributed by atoms with Crippen molar-refractivity contribution in [3.05, 3.63) is 29.3 Å². The molecular formula is C15H18N4O3. The van der Waals surface area contributed by atoms with E-state index in [1.165, 1.54) is 13.0 Å². The summed E-state index contributed by atoms with van der Waals surface area (Å²) < 4.78 is 5.42. The molecule has 1 rings (SSSR count). The minimum atomic E-state index is -1.08. The highest BCUT2D eigenvalue weighted by Crippen LogP contribution is 2.20. The zero-order chi connectivity index (χ0) is 16.5. The zero-order valence-corrected chi connectivity index (χ0v) is 12.2. The number of hydrogen-bond acceptors (Lipinski definition) is 6. The number of nitrogens with zero attached hydrogens (tertiary/aromatic N) is 1. The molecule has 1 amide bonds. The topological polar surface area (TPSA) is 130 Å². The Bertz CT molecular complexity index is 605. The number of benzene rings is 1. The number of nitriles is 1. The average Bonchev–Trinajstić information content (AvgIpc) is 2.51. The number of hydrogen-bond donors (Lipinski definition) is 4. The second-order valence-corrected chi connectivity index (χ2v) is 4.53. The van der Waals surface area contributed by atoms with Gasteiger partial charge in [-0.2, -0.15) is 5.26 Å². The van der Waals surface area contributed by atoms with Crippen LogP contribution < -0.4 is 10.1 Å². The van der Waals surface area contributed by atoms with E-state index in [1.54, 1.807) is 12.1 Å². The molecule has 0 aliphatic heterocycles. The molecule has 0 spiro atoms. The summed E-state index contributed by atoms with van der Waals surface area (Å²) in [6.07, 6.45) is 0.258. The number of aliphatic hydroxyl groups is 1. The lowest BCUT2D eigenvalue weighted by molar-refractivity contribution is -0.128. The number of aliphatic hydroxyl groups excluding tert-OH is 1. The van der Waals surface area contributed by atoms with E-state index in [9.17, 15) is 4.79 Å². The first-order valence-electron chi connectivity index (χ1n) is 6.69. The summed E-state index contributed by atoms with van der Waals surface area (Å²) in [6.45, 7) is 1.73. The lowest BCUT2D eigenvalue weighted by atomic mass is 10.0. The van der Waals surface area contributed by atoms with Gasteiger partial charge in [-0.05, 0) is 30.7 Å². The van der Waals surface area contributed by atoms with E-state index in [1.807, 2.05) is 6.07 Å². The molecule has 22 heavy (non-hydrogen) atoms. The highest BCUT2D eigenvalue weighted by atomic mass is 16.5. The van der Waals surface area contributed by atoms with Gasteiger partial charge in [-0.15, -0.1) is 0 Å². The quantitative estimate of drug-likeness (QED) is 0.418. The molecule has 7 heteroatoms. The molecule has 0 fully saturated rings. The van der Waals surface area contributed by atoms with Crippen LogP contribution in [-0.2, 0) is 4.79 Å². The number of amides is 1. The summed E-state index contributed by atoms with van der Waals surface area (Å²) in [5.74, 6) is -0.125. The third-order valence-corrected chi connectivity index (χ3v) is 2.79. The summed E-state index contributed by atoms with van der Waals surface area (Å²) in [5, 5.41) is 35.4. The van der Waals surface area contributed by atoms with E-state index in [0.717, 1.165) is 6.21 Å². The van der Waals surface area contributed by atoms with Crippen LogP contribution in [0.15, 0.2) is 18.2 Å². The van der Waals surface area contributed by atoms with Crippen molar-refractivity contribution in [1.29, 1.82) is 16.1 Å². The first-order valence-corrected chi connectivity index (χ1v) is 6.69. The molecule has 1 aromatic rings. The Balaban J connectivity index is 2.64. The van der Waals surface area contributed by atoms with E-state index < -0.39 is 12.0 Å². The lowest BCUT2D eigenvalue weighted by Gasteiger charge is -2.11. The average molecular weight is 302 g/mol. The first-order chi connectivity index (χ1) is 10.5. The Labute approximate surface area is 128 Å². The van der Waals surface area contributed by atoms with Crippen molar-refractivity contribution in [3.63, 3.8) is 0 Å². The van der Waals surface area contributed by atoms with E-state index in [-0.39, 0.29) is 30.8 Å². The fourth-order valence-corrected chi connectivity index (χ4v) is 1.63. The molecule has 0 bridgehead atoms. The number of nitrogens with one attached hydrogen (secondary N) is 3. The second-order valence-electron chi connectivity index (χ2n) is 4.53. The highest BCUT2D eigenvalue weighted by Gasteiger charge is 2.09. The fourth-order valence-electron chi connectivity index (χ4n) is 1.63. The summed E-state index contributed by atoms with van der Waals surface area (Å²) in [6, 6.07) is 6.77. The molecule has 1 aromatic carbocycles. The van der Waals surface area contributed by atoms with Gasteiger partial charge in [-0.1, -0.05) is 0 Å². The first kappa shape index (κ1) is 17.3. The zero-order valence-electron chi connectivity index (χ0n) is 12.2. The van der Waals surface area contributed by atoms with Gasteiger partial charge in [0.1, 0.15) is 24.5 Å². The maximum Gasteiger partial charge on any atom is 0.248 e. The van der Waals surface area contributed by atoms with Crippen molar-refractivity contribution in [2.75, 3.05) is 13.2 Å². The minimum Gasteiger partial charge on any atom is -0.490 e. The van der Waals surface area contributed by atoms with Crippen LogP contribution in [0.5, 0.6) is 5.75 Å². The smallest absolute Gasteiger partial charge is 0.248 e. The number of ether oxygens (including phenoxy) is 1. The Hall–Kier alpha value is -2.72. The maximum absolute atomic E-state index is 11.1. The van der Waals surface area contributed by atoms with E-state index >= 15 is 0 Å². The van der Waals surface area contributed by atoms with Crippen LogP contribution in [0.3, 0.4) is 0 Å². The van der Waals surface area contributed by atoms with Crippen LogP contribution in [0.4, 0.5) is 0 Å². The van der Waals surface area contributed by atoms with Crippen LogP contribution in [0.1, 0.15) is 24.5 Å². The molecule has 0 aliphatic rings. The summed E-state index contributed by atoms with van der Waals surface area (Å²) in [5.41, 5.74) is 1.10. The normalized spacial score (nSPS) is 11.1. The summed E-state index contributed by atoms with van der Waals surface area (Å²) in [7, 11) is 0. The highest BCUT2D eigenvalue weighted by molar-refractivity contribution is 6.05. The van der Waals surface area contributed by atoms with Crippen molar-refractivity contribution < 1.29 is 14.6 Å². The van der Waals surface area contributed by atoms with Gasteiger partial charge in [-0.25, -0.2) is 0 Å². The molecule has 0 heterocycles. The van der Waals surface area contributed by atoms with Crippen molar-refractivity contribution in [3.8, 4) is 11.8 Å². The van der Waals surface area contributed by atoms with Gasteiger partial charge >= 0.3 is 0 Å². The van der Waals surface area contributed by atoms with Crippen LogP contribution in [-0.4, -0.2) is 42.2 Å². The van der Waals surface area contributed by atoms with Crippen molar-refractivity contribution in [2.45, 2.75) is 19.4 Å². The van der Waals surface area contributed by atoms with Gasteiger partial charge < -0.3 is 26.0 Å². The van der Waals surface area contributed by atoms with E-state index in [0.29, 0.717) is 11.3 Å². The van der Waals surface area contributed by atoms with Gasteiger partial charge in [0.2, 0.25) is 5.91 Å². The van der Waals surface area contributed by atoms with Crippen LogP contribution in [0.2, 0.25) is 0 Å². The van der Waals surface area contributed by atoms with Crippen molar-refractivity contribution in [2.24, 2.45) is 0 Å². The van der Waals surface area contributed by atoms with Crippen LogP contribution in [0.25, 0.3) is 0 Å².